The first kappa shape index (κ1) is 26.1. The summed E-state index contributed by atoms with van der Waals surface area (Å²) in [6, 6.07) is 22.5. The average molecular weight is 537 g/mol. The van der Waals surface area contributed by atoms with E-state index in [0.29, 0.717) is 24.5 Å². The van der Waals surface area contributed by atoms with Crippen molar-refractivity contribution < 1.29 is 4.39 Å². The van der Waals surface area contributed by atoms with Gasteiger partial charge in [-0.05, 0) is 83.5 Å². The molecule has 1 aliphatic carbocycles. The highest BCUT2D eigenvalue weighted by molar-refractivity contribution is 5.83. The van der Waals surface area contributed by atoms with Crippen LogP contribution in [0.15, 0.2) is 77.6 Å². The molecular weight excluding hydrogens is 503 g/mol. The van der Waals surface area contributed by atoms with Crippen molar-refractivity contribution in [1.29, 1.82) is 0 Å². The highest BCUT2D eigenvalue weighted by Crippen LogP contribution is 2.35. The molecule has 8 heteroatoms. The molecule has 204 valence electrons. The van der Waals surface area contributed by atoms with Gasteiger partial charge in [0.1, 0.15) is 11.9 Å². The van der Waals surface area contributed by atoms with Crippen LogP contribution < -0.4 is 5.56 Å². The predicted molar refractivity (Wildman–Crippen MR) is 153 cm³/mol. The van der Waals surface area contributed by atoms with Crippen molar-refractivity contribution >= 4 is 10.9 Å². The van der Waals surface area contributed by atoms with Crippen molar-refractivity contribution in [1.82, 2.24) is 30.1 Å². The average Bonchev–Trinajstić information content (AvgIpc) is 3.64. The van der Waals surface area contributed by atoms with Crippen molar-refractivity contribution in [3.63, 3.8) is 0 Å². The fourth-order valence-corrected chi connectivity index (χ4v) is 6.08. The van der Waals surface area contributed by atoms with Crippen LogP contribution in [0.4, 0.5) is 4.39 Å². The Morgan fingerprint density at radius 2 is 1.68 bits per heavy atom. The summed E-state index contributed by atoms with van der Waals surface area (Å²) in [5, 5.41) is 14.1. The number of aromatic nitrogens is 5. The van der Waals surface area contributed by atoms with Crippen molar-refractivity contribution in [2.75, 3.05) is 0 Å². The Kier molecular flexibility index (Phi) is 7.26. The Labute approximate surface area is 232 Å². The Hall–Kier alpha value is -4.17. The lowest BCUT2D eigenvalue weighted by Crippen LogP contribution is -2.35. The monoisotopic (exact) mass is 536 g/mol. The van der Waals surface area contributed by atoms with Gasteiger partial charge in [-0.3, -0.25) is 9.69 Å². The first-order valence-corrected chi connectivity index (χ1v) is 13.9. The molecule has 1 fully saturated rings. The number of H-pyrrole nitrogens is 1. The van der Waals surface area contributed by atoms with Gasteiger partial charge < -0.3 is 4.98 Å². The van der Waals surface area contributed by atoms with Crippen LogP contribution in [-0.4, -0.2) is 30.1 Å². The number of fused-ring (bicyclic) bond motifs is 1. The molecule has 1 N–H and O–H groups in total. The number of hydrogen-bond acceptors (Lipinski definition) is 5. The highest BCUT2D eigenvalue weighted by Gasteiger charge is 2.33. The van der Waals surface area contributed by atoms with Gasteiger partial charge in [0, 0.05) is 18.7 Å². The molecule has 5 aromatic rings. The molecule has 0 radical (unpaired) electrons. The molecule has 3 aromatic carbocycles. The lowest BCUT2D eigenvalue weighted by molar-refractivity contribution is 0.190. The zero-order valence-electron chi connectivity index (χ0n) is 22.8. The molecule has 0 spiro atoms. The van der Waals surface area contributed by atoms with Gasteiger partial charge >= 0.3 is 0 Å². The van der Waals surface area contributed by atoms with E-state index in [4.69, 9.17) is 0 Å². The largest absolute Gasteiger partial charge is 0.321 e. The Balaban J connectivity index is 1.55. The van der Waals surface area contributed by atoms with Crippen molar-refractivity contribution in [3.05, 3.63) is 123 Å². The summed E-state index contributed by atoms with van der Waals surface area (Å²) in [5.74, 6) is 0.371. The number of pyridine rings is 1. The standard InChI is InChI=1S/C32H33FN6O/c1-21-16-22(2)29-25(17-21)18-28(32(40)34-29)30(31-35-36-37-39(31)27-10-6-7-11-27)38(19-23-8-4-3-5-9-23)20-24-12-14-26(33)15-13-24/h3-5,8-9,12-18,27,30H,6-7,10-11,19-20H2,1-2H3,(H,34,40)/t30-/m1/s1. The molecule has 1 saturated carbocycles. The summed E-state index contributed by atoms with van der Waals surface area (Å²) in [6.07, 6.45) is 4.28. The van der Waals surface area contributed by atoms with Gasteiger partial charge in [-0.25, -0.2) is 9.07 Å². The third-order valence-electron chi connectivity index (χ3n) is 7.94. The summed E-state index contributed by atoms with van der Waals surface area (Å²) in [4.78, 5) is 19.3. The molecule has 2 heterocycles. The second kappa shape index (κ2) is 11.1. The van der Waals surface area contributed by atoms with Gasteiger partial charge in [0.2, 0.25) is 0 Å². The first-order valence-electron chi connectivity index (χ1n) is 13.9. The fourth-order valence-electron chi connectivity index (χ4n) is 6.08. The molecule has 7 nitrogen and oxygen atoms in total. The number of halogens is 1. The summed E-state index contributed by atoms with van der Waals surface area (Å²) in [6.45, 7) is 5.09. The smallest absolute Gasteiger partial charge is 0.253 e. The van der Waals surface area contributed by atoms with Crippen LogP contribution >= 0.6 is 0 Å². The van der Waals surface area contributed by atoms with Crippen LogP contribution in [0.25, 0.3) is 10.9 Å². The molecule has 0 unspecified atom stereocenters. The Morgan fingerprint density at radius 1 is 0.975 bits per heavy atom. The van der Waals surface area contributed by atoms with Gasteiger partial charge in [-0.1, -0.05) is 66.9 Å². The summed E-state index contributed by atoms with van der Waals surface area (Å²) >= 11 is 0. The molecule has 1 atom stereocenters. The summed E-state index contributed by atoms with van der Waals surface area (Å²) in [5.41, 5.74) is 5.44. The van der Waals surface area contributed by atoms with E-state index in [9.17, 15) is 9.18 Å². The molecule has 40 heavy (non-hydrogen) atoms. The highest BCUT2D eigenvalue weighted by atomic mass is 19.1. The van der Waals surface area contributed by atoms with E-state index in [1.54, 1.807) is 12.1 Å². The maximum atomic E-state index is 13.9. The topological polar surface area (TPSA) is 79.7 Å². The Morgan fingerprint density at radius 3 is 2.40 bits per heavy atom. The van der Waals surface area contributed by atoms with E-state index in [2.05, 4.69) is 56.6 Å². The molecule has 0 amide bonds. The first-order chi connectivity index (χ1) is 19.5. The lowest BCUT2D eigenvalue weighted by Gasteiger charge is -2.32. The zero-order chi connectivity index (χ0) is 27.6. The van der Waals surface area contributed by atoms with Crippen molar-refractivity contribution in [2.45, 2.75) is 64.7 Å². The molecule has 0 bridgehead atoms. The number of nitrogens with one attached hydrogen (secondary N) is 1. The third kappa shape index (κ3) is 5.31. The van der Waals surface area contributed by atoms with Gasteiger partial charge in [-0.15, -0.1) is 5.10 Å². The Bertz CT molecular complexity index is 1670. The summed E-state index contributed by atoms with van der Waals surface area (Å²) in [7, 11) is 0. The van der Waals surface area contributed by atoms with Gasteiger partial charge in [0.15, 0.2) is 5.82 Å². The quantitative estimate of drug-likeness (QED) is 0.256. The minimum absolute atomic E-state index is 0.164. The second-order valence-corrected chi connectivity index (χ2v) is 10.9. The van der Waals surface area contributed by atoms with E-state index < -0.39 is 6.04 Å². The SMILES string of the molecule is Cc1cc(C)c2[nH]c(=O)c([C@H](c3nnnn3C3CCCC3)N(Cc3ccccc3)Cc3ccc(F)cc3)cc2c1. The summed E-state index contributed by atoms with van der Waals surface area (Å²) < 4.78 is 15.8. The van der Waals surface area contributed by atoms with Gasteiger partial charge in [0.05, 0.1) is 11.6 Å². The minimum Gasteiger partial charge on any atom is -0.321 e. The number of tetrazole rings is 1. The van der Waals surface area contributed by atoms with Crippen LogP contribution in [0.1, 0.15) is 71.4 Å². The van der Waals surface area contributed by atoms with E-state index >= 15 is 0 Å². The van der Waals surface area contributed by atoms with Crippen LogP contribution in [0.3, 0.4) is 0 Å². The number of rotatable bonds is 8. The van der Waals surface area contributed by atoms with Crippen LogP contribution in [-0.2, 0) is 13.1 Å². The van der Waals surface area contributed by atoms with E-state index in [1.165, 1.54) is 12.1 Å². The van der Waals surface area contributed by atoms with Crippen LogP contribution in [0.5, 0.6) is 0 Å². The van der Waals surface area contributed by atoms with Crippen molar-refractivity contribution in [3.8, 4) is 0 Å². The number of benzene rings is 3. The van der Waals surface area contributed by atoms with Gasteiger partial charge in [-0.2, -0.15) is 0 Å². The number of aryl methyl sites for hydroxylation is 2. The molecule has 1 aliphatic rings. The van der Waals surface area contributed by atoms with E-state index in [1.807, 2.05) is 35.9 Å². The molecule has 2 aromatic heterocycles. The lowest BCUT2D eigenvalue weighted by atomic mass is 9.99. The molecule has 0 aliphatic heterocycles. The number of aromatic amines is 1. The second-order valence-electron chi connectivity index (χ2n) is 10.9. The van der Waals surface area contributed by atoms with Crippen LogP contribution in [0.2, 0.25) is 0 Å². The molecule has 0 saturated heterocycles. The van der Waals surface area contributed by atoms with E-state index in [0.717, 1.165) is 58.8 Å². The van der Waals surface area contributed by atoms with Crippen molar-refractivity contribution in [2.24, 2.45) is 0 Å². The normalized spacial score (nSPS) is 14.8. The fraction of sp³-hybridized carbons (Fsp3) is 0.312. The maximum Gasteiger partial charge on any atom is 0.253 e. The zero-order valence-corrected chi connectivity index (χ0v) is 22.8. The predicted octanol–water partition coefficient (Wildman–Crippen LogP) is 6.18. The number of hydrogen-bond donors (Lipinski definition) is 1. The minimum atomic E-state index is -0.533. The molecular formula is C32H33FN6O. The van der Waals surface area contributed by atoms with Gasteiger partial charge in [0.25, 0.3) is 5.56 Å². The molecule has 6 rings (SSSR count). The number of nitrogens with zero attached hydrogens (tertiary/aromatic N) is 5. The van der Waals surface area contributed by atoms with Crippen LogP contribution in [0, 0.1) is 19.7 Å². The maximum absolute atomic E-state index is 13.9. The van der Waals surface area contributed by atoms with E-state index in [-0.39, 0.29) is 17.4 Å². The third-order valence-corrected chi connectivity index (χ3v) is 7.94.